The molecule has 0 unspecified atom stereocenters. The van der Waals surface area contributed by atoms with E-state index in [1.807, 2.05) is 36.4 Å². The van der Waals surface area contributed by atoms with Crippen molar-refractivity contribution in [3.05, 3.63) is 95.0 Å². The minimum atomic E-state index is -0.736. The Morgan fingerprint density at radius 1 is 0.963 bits per heavy atom. The van der Waals surface area contributed by atoms with Crippen LogP contribution in [0.1, 0.15) is 15.9 Å². The summed E-state index contributed by atoms with van der Waals surface area (Å²) >= 11 is 5.83. The Balaban J connectivity index is 1.59. The molecule has 5 heteroatoms. The van der Waals surface area contributed by atoms with Crippen LogP contribution in [0, 0.1) is 0 Å². The van der Waals surface area contributed by atoms with E-state index in [1.54, 1.807) is 42.5 Å². The number of carbonyl (C=O) groups is 1. The lowest BCUT2D eigenvalue weighted by molar-refractivity contribution is 0.103. The molecule has 0 spiro atoms. The minimum Gasteiger partial charge on any atom is -0.491 e. The molecule has 0 amide bonds. The lowest BCUT2D eigenvalue weighted by Gasteiger charge is -2.16. The molecule has 0 heterocycles. The van der Waals surface area contributed by atoms with Crippen molar-refractivity contribution in [2.75, 3.05) is 18.5 Å². The number of nitrogens with one attached hydrogen (secondary N) is 1. The first-order valence-electron chi connectivity index (χ1n) is 8.62. The van der Waals surface area contributed by atoms with Crippen molar-refractivity contribution in [2.45, 2.75) is 6.10 Å². The topological polar surface area (TPSA) is 58.6 Å². The maximum Gasteiger partial charge on any atom is 0.195 e. The van der Waals surface area contributed by atoms with Crippen molar-refractivity contribution in [1.29, 1.82) is 0 Å². The van der Waals surface area contributed by atoms with E-state index in [0.717, 1.165) is 0 Å². The van der Waals surface area contributed by atoms with Crippen LogP contribution < -0.4 is 10.1 Å². The zero-order valence-electron chi connectivity index (χ0n) is 14.6. The van der Waals surface area contributed by atoms with Crippen molar-refractivity contribution in [2.24, 2.45) is 0 Å². The number of carbonyl (C=O) groups excluding carboxylic acids is 1. The molecule has 2 N–H and O–H groups in total. The molecule has 0 aromatic heterocycles. The average molecular weight is 382 g/mol. The predicted octanol–water partition coefficient (Wildman–Crippen LogP) is 4.42. The highest BCUT2D eigenvalue weighted by molar-refractivity contribution is 6.30. The summed E-state index contributed by atoms with van der Waals surface area (Å²) in [6, 6.07) is 23.3. The molecule has 0 saturated carbocycles. The van der Waals surface area contributed by atoms with Crippen molar-refractivity contribution in [3.63, 3.8) is 0 Å². The van der Waals surface area contributed by atoms with Crippen LogP contribution >= 0.6 is 11.6 Å². The molecule has 0 bridgehead atoms. The second-order valence-corrected chi connectivity index (χ2v) is 6.48. The molecule has 0 aliphatic heterocycles. The van der Waals surface area contributed by atoms with Crippen LogP contribution in [0.4, 0.5) is 5.69 Å². The third kappa shape index (κ3) is 5.33. The molecule has 3 rings (SSSR count). The quantitative estimate of drug-likeness (QED) is 0.567. The summed E-state index contributed by atoms with van der Waals surface area (Å²) in [5, 5.41) is 13.9. The van der Waals surface area contributed by atoms with E-state index in [4.69, 9.17) is 16.3 Å². The first-order chi connectivity index (χ1) is 13.1. The number of para-hydroxylation sites is 1. The van der Waals surface area contributed by atoms with E-state index in [9.17, 15) is 9.90 Å². The van der Waals surface area contributed by atoms with Crippen molar-refractivity contribution in [3.8, 4) is 5.75 Å². The summed E-state index contributed by atoms with van der Waals surface area (Å²) in [6.45, 7) is 0.385. The van der Waals surface area contributed by atoms with Crippen LogP contribution in [0.25, 0.3) is 0 Å². The van der Waals surface area contributed by atoms with Gasteiger partial charge in [0.05, 0.1) is 0 Å². The van der Waals surface area contributed by atoms with E-state index in [-0.39, 0.29) is 18.9 Å². The molecule has 0 radical (unpaired) electrons. The fraction of sp³-hybridized carbons (Fsp3) is 0.136. The minimum absolute atomic E-state index is 0.0643. The maximum absolute atomic E-state index is 12.7. The van der Waals surface area contributed by atoms with Crippen LogP contribution in [0.5, 0.6) is 5.75 Å². The summed E-state index contributed by atoms with van der Waals surface area (Å²) < 4.78 is 5.54. The summed E-state index contributed by atoms with van der Waals surface area (Å²) in [6.07, 6.45) is -0.736. The smallest absolute Gasteiger partial charge is 0.195 e. The van der Waals surface area contributed by atoms with Gasteiger partial charge < -0.3 is 15.2 Å². The van der Waals surface area contributed by atoms with E-state index in [0.29, 0.717) is 27.6 Å². The molecule has 0 aliphatic rings. The lowest BCUT2D eigenvalue weighted by Crippen LogP contribution is -2.27. The fourth-order valence-electron chi connectivity index (χ4n) is 2.59. The predicted molar refractivity (Wildman–Crippen MR) is 108 cm³/mol. The van der Waals surface area contributed by atoms with Crippen molar-refractivity contribution in [1.82, 2.24) is 0 Å². The first kappa shape index (κ1) is 19.0. The molecule has 0 saturated heterocycles. The molecule has 0 fully saturated rings. The van der Waals surface area contributed by atoms with Crippen LogP contribution in [-0.2, 0) is 0 Å². The molecule has 0 aliphatic carbocycles. The number of anilines is 1. The van der Waals surface area contributed by atoms with Gasteiger partial charge in [-0.15, -0.1) is 0 Å². The number of ketones is 1. The zero-order valence-corrected chi connectivity index (χ0v) is 15.4. The van der Waals surface area contributed by atoms with Gasteiger partial charge in [0.15, 0.2) is 5.78 Å². The summed E-state index contributed by atoms with van der Waals surface area (Å²) in [7, 11) is 0. The fourth-order valence-corrected chi connectivity index (χ4v) is 2.72. The summed E-state index contributed by atoms with van der Waals surface area (Å²) in [4.78, 5) is 12.7. The van der Waals surface area contributed by atoms with Gasteiger partial charge in [0.1, 0.15) is 18.5 Å². The molecular formula is C22H20ClNO3. The van der Waals surface area contributed by atoms with Gasteiger partial charge in [0, 0.05) is 28.4 Å². The highest BCUT2D eigenvalue weighted by Crippen LogP contribution is 2.20. The van der Waals surface area contributed by atoms with E-state index < -0.39 is 6.10 Å². The van der Waals surface area contributed by atoms with Gasteiger partial charge in [-0.3, -0.25) is 4.79 Å². The van der Waals surface area contributed by atoms with Crippen molar-refractivity contribution < 1.29 is 14.6 Å². The average Bonchev–Trinajstić information content (AvgIpc) is 2.72. The summed E-state index contributed by atoms with van der Waals surface area (Å²) in [5.41, 5.74) is 1.87. The highest BCUT2D eigenvalue weighted by atomic mass is 35.5. The van der Waals surface area contributed by atoms with E-state index in [2.05, 4.69) is 5.32 Å². The largest absolute Gasteiger partial charge is 0.491 e. The Bertz CT molecular complexity index is 882. The number of hydrogen-bond acceptors (Lipinski definition) is 4. The number of aliphatic hydroxyl groups excluding tert-OH is 1. The third-order valence-corrected chi connectivity index (χ3v) is 4.24. The highest BCUT2D eigenvalue weighted by Gasteiger charge is 2.14. The first-order valence-corrected chi connectivity index (χ1v) is 9.00. The molecule has 3 aromatic carbocycles. The van der Waals surface area contributed by atoms with Gasteiger partial charge in [-0.25, -0.2) is 0 Å². The van der Waals surface area contributed by atoms with Gasteiger partial charge in [0.2, 0.25) is 0 Å². The second kappa shape index (κ2) is 9.21. The number of aliphatic hydroxyl groups is 1. The van der Waals surface area contributed by atoms with Crippen LogP contribution in [0.2, 0.25) is 5.02 Å². The lowest BCUT2D eigenvalue weighted by atomic mass is 10.0. The monoisotopic (exact) mass is 381 g/mol. The van der Waals surface area contributed by atoms with Gasteiger partial charge in [0.25, 0.3) is 0 Å². The van der Waals surface area contributed by atoms with Crippen LogP contribution in [0.3, 0.4) is 0 Å². The van der Waals surface area contributed by atoms with E-state index >= 15 is 0 Å². The Kier molecular flexibility index (Phi) is 6.47. The molecule has 27 heavy (non-hydrogen) atoms. The number of rotatable bonds is 8. The second-order valence-electron chi connectivity index (χ2n) is 6.04. The van der Waals surface area contributed by atoms with Gasteiger partial charge in [-0.2, -0.15) is 0 Å². The van der Waals surface area contributed by atoms with Crippen molar-refractivity contribution >= 4 is 23.1 Å². The Hall–Kier alpha value is -2.82. The number of halogens is 1. The number of hydrogen-bond donors (Lipinski definition) is 2. The molecular weight excluding hydrogens is 362 g/mol. The SMILES string of the molecule is O=C(c1ccccc1)c1ccccc1NC[C@H](O)COc1ccc(Cl)cc1. The Morgan fingerprint density at radius 2 is 1.63 bits per heavy atom. The Morgan fingerprint density at radius 3 is 2.37 bits per heavy atom. The van der Waals surface area contributed by atoms with Gasteiger partial charge >= 0.3 is 0 Å². The van der Waals surface area contributed by atoms with Crippen LogP contribution in [0.15, 0.2) is 78.9 Å². The van der Waals surface area contributed by atoms with Gasteiger partial charge in [-0.05, 0) is 36.4 Å². The third-order valence-electron chi connectivity index (χ3n) is 3.99. The number of benzene rings is 3. The molecule has 1 atom stereocenters. The van der Waals surface area contributed by atoms with Crippen LogP contribution in [-0.4, -0.2) is 30.1 Å². The zero-order chi connectivity index (χ0) is 19.1. The number of ether oxygens (including phenoxy) is 1. The van der Waals surface area contributed by atoms with Gasteiger partial charge in [-0.1, -0.05) is 54.1 Å². The summed E-state index contributed by atoms with van der Waals surface area (Å²) in [5.74, 6) is 0.573. The van der Waals surface area contributed by atoms with E-state index in [1.165, 1.54) is 0 Å². The Labute approximate surface area is 163 Å². The maximum atomic E-state index is 12.7. The normalized spacial score (nSPS) is 11.6. The molecule has 138 valence electrons. The molecule has 4 nitrogen and oxygen atoms in total. The standard InChI is InChI=1S/C22H20ClNO3/c23-17-10-12-19(13-11-17)27-15-18(25)14-24-21-9-5-4-8-20(21)22(26)16-6-2-1-3-7-16/h1-13,18,24-25H,14-15H2/t18-/m0/s1. The molecule has 3 aromatic rings.